The zero-order chi connectivity index (χ0) is 21.9. The second kappa shape index (κ2) is 8.86. The monoisotopic (exact) mass is 431 g/mol. The van der Waals surface area contributed by atoms with E-state index in [1.165, 1.54) is 0 Å². The molecule has 29 heavy (non-hydrogen) atoms. The topological polar surface area (TPSA) is 55.4 Å². The van der Waals surface area contributed by atoms with Crippen LogP contribution in [0.15, 0.2) is 59.5 Å². The lowest BCUT2D eigenvalue weighted by Gasteiger charge is -2.42. The normalized spacial score (nSPS) is 14.2. The maximum atomic E-state index is 13.1. The van der Waals surface area contributed by atoms with Crippen molar-refractivity contribution in [3.05, 3.63) is 65.7 Å². The molecule has 1 unspecified atom stereocenters. The van der Waals surface area contributed by atoms with E-state index in [0.717, 1.165) is 16.9 Å². The summed E-state index contributed by atoms with van der Waals surface area (Å²) >= 11 is 0. The van der Waals surface area contributed by atoms with Crippen molar-refractivity contribution in [2.24, 2.45) is 0 Å². The van der Waals surface area contributed by atoms with Gasteiger partial charge in [0, 0.05) is 5.67 Å². The Morgan fingerprint density at radius 3 is 2.24 bits per heavy atom. The molecule has 2 aromatic carbocycles. The Morgan fingerprint density at radius 1 is 1.07 bits per heavy atom. The average molecular weight is 432 g/mol. The molecule has 6 heteroatoms. The smallest absolute Gasteiger partial charge is 0.240 e. The summed E-state index contributed by atoms with van der Waals surface area (Å²) < 4.78 is 34.5. The average Bonchev–Trinajstić information content (AvgIpc) is 2.64. The van der Waals surface area contributed by atoms with Crippen LogP contribution < -0.4 is 9.46 Å². The van der Waals surface area contributed by atoms with Crippen molar-refractivity contribution in [3.63, 3.8) is 0 Å². The summed E-state index contributed by atoms with van der Waals surface area (Å²) in [5.41, 5.74) is 1.74. The van der Waals surface area contributed by atoms with Crippen LogP contribution in [0.1, 0.15) is 31.9 Å². The molecule has 158 valence electrons. The van der Waals surface area contributed by atoms with Crippen molar-refractivity contribution in [1.82, 2.24) is 4.72 Å². The van der Waals surface area contributed by atoms with Gasteiger partial charge < -0.3 is 4.74 Å². The van der Waals surface area contributed by atoms with Crippen molar-refractivity contribution in [2.75, 3.05) is 7.11 Å². The van der Waals surface area contributed by atoms with Gasteiger partial charge in [-0.05, 0) is 41.8 Å². The van der Waals surface area contributed by atoms with E-state index in [4.69, 9.17) is 4.74 Å². The number of ether oxygens (including phenoxy) is 1. The van der Waals surface area contributed by atoms with Gasteiger partial charge in [-0.2, -0.15) is 0 Å². The van der Waals surface area contributed by atoms with E-state index in [-0.39, 0.29) is 10.7 Å². The van der Waals surface area contributed by atoms with E-state index in [9.17, 15) is 8.42 Å². The van der Waals surface area contributed by atoms with Gasteiger partial charge >= 0.3 is 0 Å². The summed E-state index contributed by atoms with van der Waals surface area (Å²) in [6.45, 7) is 13.0. The molecular weight excluding hydrogens is 398 g/mol. The number of rotatable bonds is 7. The predicted molar refractivity (Wildman–Crippen MR) is 125 cm³/mol. The van der Waals surface area contributed by atoms with Crippen molar-refractivity contribution in [2.45, 2.75) is 56.4 Å². The maximum absolute atomic E-state index is 13.1. The molecule has 0 saturated carbocycles. The highest BCUT2D eigenvalue weighted by Crippen LogP contribution is 2.39. The number of nitrogens with one attached hydrogen (secondary N) is 1. The minimum absolute atomic E-state index is 0.00613. The SMILES string of the molecule is COc1cccc(/C=C/C(NS(=O)(=O)c2ccc(C)cc2)[Si](C)(C)C(C)(C)C)c1. The van der Waals surface area contributed by atoms with Crippen LogP contribution in [0.4, 0.5) is 0 Å². The summed E-state index contributed by atoms with van der Waals surface area (Å²) in [6, 6.07) is 14.7. The first-order valence-corrected chi connectivity index (χ1v) is 14.3. The van der Waals surface area contributed by atoms with Crippen LogP contribution in [0.3, 0.4) is 0 Å². The highest BCUT2D eigenvalue weighted by atomic mass is 32.2. The first-order chi connectivity index (χ1) is 13.4. The minimum Gasteiger partial charge on any atom is -0.497 e. The fourth-order valence-corrected chi connectivity index (χ4v) is 7.00. The number of benzene rings is 2. The third-order valence-corrected chi connectivity index (χ3v) is 13.3. The number of hydrogen-bond acceptors (Lipinski definition) is 3. The molecule has 0 heterocycles. The molecule has 0 fully saturated rings. The second-order valence-electron chi connectivity index (χ2n) is 9.02. The molecule has 2 rings (SSSR count). The van der Waals surface area contributed by atoms with Gasteiger partial charge in [-0.1, -0.05) is 75.8 Å². The Morgan fingerprint density at radius 2 is 1.69 bits per heavy atom. The van der Waals surface area contributed by atoms with Crippen LogP contribution in [0, 0.1) is 6.92 Å². The van der Waals surface area contributed by atoms with Crippen molar-refractivity contribution in [1.29, 1.82) is 0 Å². The van der Waals surface area contributed by atoms with Gasteiger partial charge in [-0.25, -0.2) is 13.1 Å². The number of sulfonamides is 1. The largest absolute Gasteiger partial charge is 0.497 e. The maximum Gasteiger partial charge on any atom is 0.240 e. The van der Waals surface area contributed by atoms with Crippen LogP contribution >= 0.6 is 0 Å². The van der Waals surface area contributed by atoms with Gasteiger partial charge in [0.25, 0.3) is 0 Å². The highest BCUT2D eigenvalue weighted by molar-refractivity contribution is 7.89. The Kier molecular flexibility index (Phi) is 7.14. The third kappa shape index (κ3) is 5.81. The lowest BCUT2D eigenvalue weighted by Crippen LogP contribution is -2.56. The van der Waals surface area contributed by atoms with E-state index < -0.39 is 18.1 Å². The first-order valence-electron chi connectivity index (χ1n) is 9.78. The Hall–Kier alpha value is -1.89. The minimum atomic E-state index is -3.63. The molecule has 1 N–H and O–H groups in total. The standard InChI is InChI=1S/C23H33NO3SSi/c1-18-11-14-21(15-12-18)28(25,26)24-22(29(6,7)23(2,3)4)16-13-19-9-8-10-20(17-19)27-5/h8-17,22,24H,1-7H3/b16-13+. The molecule has 2 aromatic rings. The van der Waals surface area contributed by atoms with Crippen molar-refractivity contribution in [3.8, 4) is 5.75 Å². The van der Waals surface area contributed by atoms with E-state index in [1.54, 1.807) is 19.2 Å². The first kappa shape index (κ1) is 23.4. The molecule has 0 saturated heterocycles. The summed E-state index contributed by atoms with van der Waals surface area (Å²) in [5.74, 6) is 0.774. The number of hydrogen-bond donors (Lipinski definition) is 1. The zero-order valence-electron chi connectivity index (χ0n) is 18.5. The second-order valence-corrected chi connectivity index (χ2v) is 16.3. The molecule has 4 nitrogen and oxygen atoms in total. The Labute approximate surface area is 177 Å². The van der Waals surface area contributed by atoms with Crippen molar-refractivity contribution >= 4 is 24.2 Å². The van der Waals surface area contributed by atoms with E-state index in [2.05, 4.69) is 38.6 Å². The zero-order valence-corrected chi connectivity index (χ0v) is 20.3. The lowest BCUT2D eigenvalue weighted by atomic mass is 10.2. The van der Waals surface area contributed by atoms with Crippen molar-refractivity contribution < 1.29 is 13.2 Å². The molecule has 0 amide bonds. The van der Waals surface area contributed by atoms with Gasteiger partial charge in [0.05, 0.1) is 20.1 Å². The van der Waals surface area contributed by atoms with E-state index in [1.807, 2.05) is 55.5 Å². The van der Waals surface area contributed by atoms with Gasteiger partial charge in [0.1, 0.15) is 5.75 Å². The fraction of sp³-hybridized carbons (Fsp3) is 0.391. The molecular formula is C23H33NO3SSi. The van der Waals surface area contributed by atoms with Gasteiger partial charge in [-0.3, -0.25) is 0 Å². The third-order valence-electron chi connectivity index (χ3n) is 5.90. The molecule has 0 aliphatic heterocycles. The quantitative estimate of drug-likeness (QED) is 0.596. The molecule has 0 radical (unpaired) electrons. The Balaban J connectivity index is 2.42. The van der Waals surface area contributed by atoms with E-state index in [0.29, 0.717) is 4.90 Å². The van der Waals surface area contributed by atoms with Crippen LogP contribution in [0.2, 0.25) is 18.1 Å². The van der Waals surface area contributed by atoms with Crippen LogP contribution in [0.25, 0.3) is 6.08 Å². The highest BCUT2D eigenvalue weighted by Gasteiger charge is 2.42. The summed E-state index contributed by atoms with van der Waals surface area (Å²) in [6.07, 6.45) is 3.98. The molecule has 0 aliphatic carbocycles. The van der Waals surface area contributed by atoms with Crippen LogP contribution in [0.5, 0.6) is 5.75 Å². The van der Waals surface area contributed by atoms with Crippen LogP contribution in [-0.4, -0.2) is 29.3 Å². The summed E-state index contributed by atoms with van der Waals surface area (Å²) in [4.78, 5) is 0.293. The molecule has 0 spiro atoms. The van der Waals surface area contributed by atoms with Gasteiger partial charge in [0.2, 0.25) is 10.0 Å². The summed E-state index contributed by atoms with van der Waals surface area (Å²) in [5, 5.41) is 0.00613. The molecule has 1 atom stereocenters. The fourth-order valence-electron chi connectivity index (χ4n) is 2.80. The van der Waals surface area contributed by atoms with E-state index >= 15 is 0 Å². The van der Waals surface area contributed by atoms with Gasteiger partial charge in [0.15, 0.2) is 0 Å². The Bertz CT molecular complexity index is 958. The number of aryl methyl sites for hydroxylation is 1. The molecule has 0 bridgehead atoms. The van der Waals surface area contributed by atoms with Crippen LogP contribution in [-0.2, 0) is 10.0 Å². The summed E-state index contributed by atoms with van der Waals surface area (Å²) in [7, 11) is -4.06. The molecule has 0 aliphatic rings. The molecule has 0 aromatic heterocycles. The van der Waals surface area contributed by atoms with Gasteiger partial charge in [-0.15, -0.1) is 0 Å². The lowest BCUT2D eigenvalue weighted by molar-refractivity contribution is 0.414. The number of methoxy groups -OCH3 is 1. The predicted octanol–water partition coefficient (Wildman–Crippen LogP) is 5.41.